The van der Waals surface area contributed by atoms with Gasteiger partial charge in [0.1, 0.15) is 0 Å². The number of unbranched alkanes of at least 4 members (excludes halogenated alkanes) is 2. The van der Waals surface area contributed by atoms with Crippen LogP contribution >= 0.6 is 34.5 Å². The summed E-state index contributed by atoms with van der Waals surface area (Å²) in [6.45, 7) is 4.55. The average molecular weight is 419 g/mol. The molecule has 0 aliphatic carbocycles. The van der Waals surface area contributed by atoms with Crippen LogP contribution in [0, 0.1) is 0 Å². The zero-order valence-corrected chi connectivity index (χ0v) is 18.0. The Balaban J connectivity index is 1.69. The molecule has 1 heterocycles. The van der Waals surface area contributed by atoms with E-state index in [0.717, 1.165) is 16.4 Å². The van der Waals surface area contributed by atoms with Gasteiger partial charge in [0.2, 0.25) is 0 Å². The van der Waals surface area contributed by atoms with E-state index in [4.69, 9.17) is 23.2 Å². The summed E-state index contributed by atoms with van der Waals surface area (Å²) >= 11 is 14.0. The van der Waals surface area contributed by atoms with Crippen LogP contribution in [0.3, 0.4) is 0 Å². The van der Waals surface area contributed by atoms with Crippen molar-refractivity contribution < 1.29 is 0 Å². The first-order valence-corrected chi connectivity index (χ1v) is 11.0. The molecule has 0 saturated heterocycles. The minimum atomic E-state index is 0.584. The van der Waals surface area contributed by atoms with Gasteiger partial charge in [0.25, 0.3) is 0 Å². The lowest BCUT2D eigenvalue weighted by atomic mass is 9.94. The van der Waals surface area contributed by atoms with Gasteiger partial charge in [-0.25, -0.2) is 4.98 Å². The predicted octanol–water partition coefficient (Wildman–Crippen LogP) is 8.54. The van der Waals surface area contributed by atoms with Crippen molar-refractivity contribution in [3.05, 3.63) is 63.5 Å². The topological polar surface area (TPSA) is 24.9 Å². The van der Waals surface area contributed by atoms with E-state index in [9.17, 15) is 0 Å². The molecular formula is C22H24Cl2N2S. The molecular weight excluding hydrogens is 395 g/mol. The Morgan fingerprint density at radius 2 is 1.74 bits per heavy atom. The third-order valence-electron chi connectivity index (χ3n) is 4.72. The van der Waals surface area contributed by atoms with Gasteiger partial charge in [0.05, 0.1) is 21.4 Å². The quantitative estimate of drug-likeness (QED) is 0.370. The molecule has 0 aliphatic heterocycles. The number of benzene rings is 2. The number of halogens is 2. The van der Waals surface area contributed by atoms with Crippen LogP contribution in [0.4, 0.5) is 10.8 Å². The molecule has 2 aromatic carbocycles. The van der Waals surface area contributed by atoms with E-state index < -0.39 is 0 Å². The third kappa shape index (κ3) is 5.25. The maximum atomic E-state index is 6.23. The van der Waals surface area contributed by atoms with Gasteiger partial charge in [-0.05, 0) is 30.0 Å². The van der Waals surface area contributed by atoms with E-state index in [1.165, 1.54) is 31.2 Å². The van der Waals surface area contributed by atoms with Crippen LogP contribution in [0.1, 0.15) is 51.0 Å². The van der Waals surface area contributed by atoms with Crippen LogP contribution in [-0.2, 0) is 0 Å². The van der Waals surface area contributed by atoms with Crippen molar-refractivity contribution in [2.45, 2.75) is 45.4 Å². The lowest BCUT2D eigenvalue weighted by Crippen LogP contribution is -1.94. The van der Waals surface area contributed by atoms with Gasteiger partial charge in [0.15, 0.2) is 5.13 Å². The summed E-state index contributed by atoms with van der Waals surface area (Å²) in [5.41, 5.74) is 4.16. The number of aromatic nitrogens is 1. The van der Waals surface area contributed by atoms with Crippen LogP contribution in [-0.4, -0.2) is 4.98 Å². The highest BCUT2D eigenvalue weighted by atomic mass is 35.5. The zero-order valence-electron chi connectivity index (χ0n) is 15.6. The number of hydrogen-bond acceptors (Lipinski definition) is 3. The number of hydrogen-bond donors (Lipinski definition) is 1. The van der Waals surface area contributed by atoms with Gasteiger partial charge < -0.3 is 5.32 Å². The smallest absolute Gasteiger partial charge is 0.187 e. The number of nitrogens with zero attached hydrogens (tertiary/aromatic N) is 1. The standard InChI is InChI=1S/C22H24Cl2N2S/c1-3-4-5-7-15(2)16-10-12-17(13-11-16)20-14-27-22(25-20)26-21-18(23)8-6-9-19(21)24/h6,8-15H,3-5,7H2,1-2H3,(H,25,26)/t15-/m1/s1. The first-order valence-electron chi connectivity index (χ1n) is 9.35. The lowest BCUT2D eigenvalue weighted by molar-refractivity contribution is 0.598. The molecule has 0 bridgehead atoms. The third-order valence-corrected chi connectivity index (χ3v) is 6.10. The van der Waals surface area contributed by atoms with Crippen LogP contribution < -0.4 is 5.32 Å². The number of rotatable bonds is 8. The highest BCUT2D eigenvalue weighted by Crippen LogP contribution is 2.35. The maximum absolute atomic E-state index is 6.23. The fourth-order valence-corrected chi connectivity index (χ4v) is 4.25. The van der Waals surface area contributed by atoms with Crippen molar-refractivity contribution in [1.82, 2.24) is 4.98 Å². The van der Waals surface area contributed by atoms with E-state index in [1.807, 2.05) is 23.6 Å². The molecule has 5 heteroatoms. The summed E-state index contributed by atoms with van der Waals surface area (Å²) in [5, 5.41) is 7.22. The second-order valence-corrected chi connectivity index (χ2v) is 8.45. The minimum Gasteiger partial charge on any atom is -0.329 e. The SMILES string of the molecule is CCCCC[C@@H](C)c1ccc(-c2csc(Nc3c(Cl)cccc3Cl)n2)cc1. The monoisotopic (exact) mass is 418 g/mol. The van der Waals surface area contributed by atoms with Crippen molar-refractivity contribution in [1.29, 1.82) is 0 Å². The van der Waals surface area contributed by atoms with E-state index in [0.29, 0.717) is 21.7 Å². The molecule has 1 aromatic heterocycles. The number of para-hydroxylation sites is 1. The molecule has 142 valence electrons. The first kappa shape index (κ1) is 20.2. The van der Waals surface area contributed by atoms with E-state index >= 15 is 0 Å². The predicted molar refractivity (Wildman–Crippen MR) is 120 cm³/mol. The summed E-state index contributed by atoms with van der Waals surface area (Å²) in [7, 11) is 0. The van der Waals surface area contributed by atoms with Gasteiger partial charge in [0, 0.05) is 10.9 Å². The van der Waals surface area contributed by atoms with Crippen molar-refractivity contribution in [3.8, 4) is 11.3 Å². The molecule has 0 amide bonds. The Morgan fingerprint density at radius 1 is 1.04 bits per heavy atom. The Hall–Kier alpha value is -1.55. The molecule has 3 aromatic rings. The van der Waals surface area contributed by atoms with Gasteiger partial charge in [-0.2, -0.15) is 0 Å². The molecule has 0 radical (unpaired) electrons. The van der Waals surface area contributed by atoms with Crippen molar-refractivity contribution in [2.24, 2.45) is 0 Å². The number of nitrogens with one attached hydrogen (secondary N) is 1. The molecule has 0 unspecified atom stereocenters. The summed E-state index contributed by atoms with van der Waals surface area (Å²) in [6, 6.07) is 14.2. The second-order valence-electron chi connectivity index (χ2n) is 6.78. The number of thiazole rings is 1. The second kappa shape index (κ2) is 9.59. The van der Waals surface area contributed by atoms with Gasteiger partial charge in [-0.15, -0.1) is 11.3 Å². The van der Waals surface area contributed by atoms with Crippen LogP contribution in [0.2, 0.25) is 10.0 Å². The van der Waals surface area contributed by atoms with Crippen LogP contribution in [0.5, 0.6) is 0 Å². The summed E-state index contributed by atoms with van der Waals surface area (Å²) < 4.78 is 0. The van der Waals surface area contributed by atoms with E-state index in [2.05, 4.69) is 48.4 Å². The number of anilines is 2. The minimum absolute atomic E-state index is 0.584. The van der Waals surface area contributed by atoms with Gasteiger partial charge in [-0.1, -0.05) is 86.6 Å². The molecule has 3 rings (SSSR count). The van der Waals surface area contributed by atoms with Gasteiger partial charge in [-0.3, -0.25) is 0 Å². The maximum Gasteiger partial charge on any atom is 0.187 e. The van der Waals surface area contributed by atoms with Crippen molar-refractivity contribution in [3.63, 3.8) is 0 Å². The highest BCUT2D eigenvalue weighted by Gasteiger charge is 2.10. The molecule has 27 heavy (non-hydrogen) atoms. The molecule has 0 aliphatic rings. The summed E-state index contributed by atoms with van der Waals surface area (Å²) in [4.78, 5) is 4.68. The van der Waals surface area contributed by atoms with E-state index in [1.54, 1.807) is 11.3 Å². The fraction of sp³-hybridized carbons (Fsp3) is 0.318. The van der Waals surface area contributed by atoms with Crippen LogP contribution in [0.15, 0.2) is 47.8 Å². The van der Waals surface area contributed by atoms with Gasteiger partial charge >= 0.3 is 0 Å². The Kier molecular flexibility index (Phi) is 7.17. The normalized spacial score (nSPS) is 12.1. The lowest BCUT2D eigenvalue weighted by Gasteiger charge is -2.12. The molecule has 1 atom stereocenters. The fourth-order valence-electron chi connectivity index (χ4n) is 3.04. The first-order chi connectivity index (χ1) is 13.1. The highest BCUT2D eigenvalue weighted by molar-refractivity contribution is 7.14. The summed E-state index contributed by atoms with van der Waals surface area (Å²) in [5.74, 6) is 0.598. The Bertz CT molecular complexity index is 854. The molecule has 2 nitrogen and oxygen atoms in total. The molecule has 0 spiro atoms. The van der Waals surface area contributed by atoms with Crippen LogP contribution in [0.25, 0.3) is 11.3 Å². The summed E-state index contributed by atoms with van der Waals surface area (Å²) in [6.07, 6.45) is 5.12. The average Bonchev–Trinajstić information content (AvgIpc) is 3.14. The zero-order chi connectivity index (χ0) is 19.2. The molecule has 1 N–H and O–H groups in total. The van der Waals surface area contributed by atoms with E-state index in [-0.39, 0.29) is 0 Å². The molecule has 0 saturated carbocycles. The Morgan fingerprint density at radius 3 is 2.41 bits per heavy atom. The van der Waals surface area contributed by atoms with Crippen molar-refractivity contribution in [2.75, 3.05) is 5.32 Å². The largest absolute Gasteiger partial charge is 0.329 e. The molecule has 0 fully saturated rings. The van der Waals surface area contributed by atoms with Crippen molar-refractivity contribution >= 4 is 45.4 Å². The Labute approximate surface area is 175 Å².